The molecule has 23 heavy (non-hydrogen) atoms. The predicted molar refractivity (Wildman–Crippen MR) is 89.5 cm³/mol. The summed E-state index contributed by atoms with van der Waals surface area (Å²) in [5.74, 6) is 1.57. The number of pyridine rings is 2. The summed E-state index contributed by atoms with van der Waals surface area (Å²) in [7, 11) is 0. The fourth-order valence-electron chi connectivity index (χ4n) is 3.29. The fraction of sp³-hybridized carbons (Fsp3) is 0.353. The van der Waals surface area contributed by atoms with Gasteiger partial charge in [-0.3, -0.25) is 9.30 Å². The maximum absolute atomic E-state index is 5.96. The Bertz CT molecular complexity index is 807. The molecule has 0 amide bonds. The van der Waals surface area contributed by atoms with Crippen molar-refractivity contribution in [3.63, 3.8) is 0 Å². The second-order valence-electron chi connectivity index (χ2n) is 6.02. The van der Waals surface area contributed by atoms with Crippen LogP contribution in [0.5, 0.6) is 0 Å². The molecule has 0 unspecified atom stereocenters. The Labute approximate surface area is 139 Å². The highest BCUT2D eigenvalue weighted by molar-refractivity contribution is 6.29. The standard InChI is InChI=1S/C17H18ClN5/c18-15-11-13(4-7-19-15)12-22-9-5-14(6-10-22)17-21-20-16-3-1-2-8-23(16)17/h1-4,7-8,11,14H,5-6,9-10,12H2. The van der Waals surface area contributed by atoms with Crippen molar-refractivity contribution in [2.75, 3.05) is 13.1 Å². The molecule has 0 radical (unpaired) electrons. The topological polar surface area (TPSA) is 46.3 Å². The predicted octanol–water partition coefficient (Wildman–Crippen LogP) is 3.16. The van der Waals surface area contributed by atoms with Gasteiger partial charge in [-0.05, 0) is 55.8 Å². The lowest BCUT2D eigenvalue weighted by molar-refractivity contribution is 0.201. The van der Waals surface area contributed by atoms with Gasteiger partial charge in [-0.25, -0.2) is 4.98 Å². The Hall–Kier alpha value is -1.98. The third-order valence-electron chi connectivity index (χ3n) is 4.49. The van der Waals surface area contributed by atoms with E-state index in [4.69, 9.17) is 11.6 Å². The molecule has 6 heteroatoms. The second kappa shape index (κ2) is 6.26. The first-order valence-corrected chi connectivity index (χ1v) is 8.30. The van der Waals surface area contributed by atoms with Crippen LogP contribution in [0, 0.1) is 0 Å². The number of hydrogen-bond donors (Lipinski definition) is 0. The minimum absolute atomic E-state index is 0.477. The van der Waals surface area contributed by atoms with Crippen LogP contribution in [0.2, 0.25) is 5.15 Å². The van der Waals surface area contributed by atoms with Gasteiger partial charge in [0, 0.05) is 24.9 Å². The quantitative estimate of drug-likeness (QED) is 0.693. The van der Waals surface area contributed by atoms with Crippen LogP contribution in [-0.2, 0) is 6.54 Å². The smallest absolute Gasteiger partial charge is 0.160 e. The maximum atomic E-state index is 5.96. The Morgan fingerprint density at radius 2 is 2.00 bits per heavy atom. The zero-order valence-corrected chi connectivity index (χ0v) is 13.5. The molecule has 0 aromatic carbocycles. The summed E-state index contributed by atoms with van der Waals surface area (Å²) in [5.41, 5.74) is 2.15. The third kappa shape index (κ3) is 3.07. The number of aromatic nitrogens is 4. The Kier molecular flexibility index (Phi) is 3.97. The lowest BCUT2D eigenvalue weighted by Gasteiger charge is -2.31. The van der Waals surface area contributed by atoms with Crippen LogP contribution in [0.3, 0.4) is 0 Å². The molecule has 118 valence electrons. The second-order valence-corrected chi connectivity index (χ2v) is 6.41. The molecule has 5 nitrogen and oxygen atoms in total. The summed E-state index contributed by atoms with van der Waals surface area (Å²) in [6, 6.07) is 10.0. The molecule has 4 heterocycles. The normalized spacial score (nSPS) is 16.9. The molecule has 0 N–H and O–H groups in total. The van der Waals surface area contributed by atoms with Gasteiger partial charge in [-0.15, -0.1) is 10.2 Å². The number of piperidine rings is 1. The van der Waals surface area contributed by atoms with Gasteiger partial charge in [0.1, 0.15) is 11.0 Å². The van der Waals surface area contributed by atoms with E-state index < -0.39 is 0 Å². The Balaban J connectivity index is 1.43. The van der Waals surface area contributed by atoms with Crippen LogP contribution in [0.1, 0.15) is 30.1 Å². The van der Waals surface area contributed by atoms with Crippen molar-refractivity contribution in [3.8, 4) is 0 Å². The van der Waals surface area contributed by atoms with E-state index in [2.05, 4.69) is 30.7 Å². The minimum Gasteiger partial charge on any atom is -0.299 e. The van der Waals surface area contributed by atoms with Crippen molar-refractivity contribution < 1.29 is 0 Å². The first kappa shape index (κ1) is 14.6. The lowest BCUT2D eigenvalue weighted by Crippen LogP contribution is -2.33. The Morgan fingerprint density at radius 3 is 2.83 bits per heavy atom. The molecule has 0 atom stereocenters. The van der Waals surface area contributed by atoms with Gasteiger partial charge in [-0.1, -0.05) is 17.7 Å². The van der Waals surface area contributed by atoms with Crippen molar-refractivity contribution in [2.24, 2.45) is 0 Å². The zero-order chi connectivity index (χ0) is 15.6. The molecule has 1 fully saturated rings. The van der Waals surface area contributed by atoms with E-state index in [0.29, 0.717) is 11.1 Å². The van der Waals surface area contributed by atoms with Crippen molar-refractivity contribution in [1.82, 2.24) is 24.5 Å². The molecule has 0 spiro atoms. The molecule has 4 rings (SSSR count). The number of fused-ring (bicyclic) bond motifs is 1. The highest BCUT2D eigenvalue weighted by atomic mass is 35.5. The summed E-state index contributed by atoms with van der Waals surface area (Å²) >= 11 is 5.96. The van der Waals surface area contributed by atoms with E-state index in [0.717, 1.165) is 43.9 Å². The van der Waals surface area contributed by atoms with Gasteiger partial charge in [0.25, 0.3) is 0 Å². The zero-order valence-electron chi connectivity index (χ0n) is 12.8. The van der Waals surface area contributed by atoms with Crippen LogP contribution in [0.25, 0.3) is 5.65 Å². The number of halogens is 1. The molecule has 0 bridgehead atoms. The van der Waals surface area contributed by atoms with Crippen LogP contribution in [0.4, 0.5) is 0 Å². The Morgan fingerprint density at radius 1 is 1.13 bits per heavy atom. The van der Waals surface area contributed by atoms with E-state index in [-0.39, 0.29) is 0 Å². The molecule has 1 aliphatic rings. The highest BCUT2D eigenvalue weighted by Gasteiger charge is 2.24. The van der Waals surface area contributed by atoms with Gasteiger partial charge >= 0.3 is 0 Å². The van der Waals surface area contributed by atoms with Crippen LogP contribution >= 0.6 is 11.6 Å². The number of rotatable bonds is 3. The molecule has 3 aromatic rings. The first-order valence-electron chi connectivity index (χ1n) is 7.92. The largest absolute Gasteiger partial charge is 0.299 e. The molecular weight excluding hydrogens is 310 g/mol. The van der Waals surface area contributed by atoms with E-state index in [1.54, 1.807) is 6.20 Å². The molecule has 3 aromatic heterocycles. The van der Waals surface area contributed by atoms with Gasteiger partial charge in [0.15, 0.2) is 5.65 Å². The summed E-state index contributed by atoms with van der Waals surface area (Å²) in [6.45, 7) is 3.05. The van der Waals surface area contributed by atoms with Gasteiger partial charge in [0.05, 0.1) is 0 Å². The first-order chi connectivity index (χ1) is 11.3. The highest BCUT2D eigenvalue weighted by Crippen LogP contribution is 2.27. The molecule has 0 saturated carbocycles. The van der Waals surface area contributed by atoms with Gasteiger partial charge in [0.2, 0.25) is 0 Å². The third-order valence-corrected chi connectivity index (χ3v) is 4.70. The van der Waals surface area contributed by atoms with E-state index >= 15 is 0 Å². The van der Waals surface area contributed by atoms with Crippen LogP contribution in [0.15, 0.2) is 42.7 Å². The van der Waals surface area contributed by atoms with Crippen LogP contribution < -0.4 is 0 Å². The van der Waals surface area contributed by atoms with Crippen LogP contribution in [-0.4, -0.2) is 37.6 Å². The van der Waals surface area contributed by atoms with Crippen molar-refractivity contribution in [3.05, 3.63) is 59.3 Å². The van der Waals surface area contributed by atoms with Gasteiger partial charge in [-0.2, -0.15) is 0 Å². The molecule has 1 saturated heterocycles. The monoisotopic (exact) mass is 327 g/mol. The van der Waals surface area contributed by atoms with E-state index in [9.17, 15) is 0 Å². The molecule has 0 aliphatic carbocycles. The fourth-order valence-corrected chi connectivity index (χ4v) is 3.48. The van der Waals surface area contributed by atoms with E-state index in [1.807, 2.05) is 30.3 Å². The average molecular weight is 328 g/mol. The summed E-state index contributed by atoms with van der Waals surface area (Å²) in [4.78, 5) is 6.50. The van der Waals surface area contributed by atoms with Crippen molar-refractivity contribution >= 4 is 17.2 Å². The summed E-state index contributed by atoms with van der Waals surface area (Å²) in [5, 5.41) is 9.24. The number of hydrogen-bond acceptors (Lipinski definition) is 4. The minimum atomic E-state index is 0.477. The number of nitrogens with zero attached hydrogens (tertiary/aromatic N) is 5. The molecular formula is C17H18ClN5. The van der Waals surface area contributed by atoms with Gasteiger partial charge < -0.3 is 0 Å². The molecule has 1 aliphatic heterocycles. The van der Waals surface area contributed by atoms with Crippen molar-refractivity contribution in [2.45, 2.75) is 25.3 Å². The average Bonchev–Trinajstić information content (AvgIpc) is 3.00. The summed E-state index contributed by atoms with van der Waals surface area (Å²) < 4.78 is 2.11. The number of likely N-dealkylation sites (tertiary alicyclic amines) is 1. The SMILES string of the molecule is Clc1cc(CN2CCC(c3nnc4ccccn34)CC2)ccn1. The maximum Gasteiger partial charge on any atom is 0.160 e. The lowest BCUT2D eigenvalue weighted by atomic mass is 9.95. The summed E-state index contributed by atoms with van der Waals surface area (Å²) in [6.07, 6.45) is 6.03. The van der Waals surface area contributed by atoms with E-state index in [1.165, 1.54) is 5.56 Å². The van der Waals surface area contributed by atoms with Crippen molar-refractivity contribution in [1.29, 1.82) is 0 Å².